The molecule has 0 aliphatic carbocycles. The highest BCUT2D eigenvalue weighted by Gasteiger charge is 2.16. The zero-order chi connectivity index (χ0) is 17.9. The number of nitrogens with zero attached hydrogens (tertiary/aromatic N) is 1. The Balaban J connectivity index is 2.17. The molecule has 128 valence electrons. The molecule has 1 aromatic carbocycles. The predicted molar refractivity (Wildman–Crippen MR) is 98.8 cm³/mol. The number of benzene rings is 1. The molecular weight excluding hydrogens is 392 g/mol. The van der Waals surface area contributed by atoms with E-state index in [2.05, 4.69) is 21.2 Å². The molecule has 5 nitrogen and oxygen atoms in total. The lowest BCUT2D eigenvalue weighted by atomic mass is 10.2. The first kappa shape index (κ1) is 18.6. The van der Waals surface area contributed by atoms with Gasteiger partial charge >= 0.3 is 0 Å². The van der Waals surface area contributed by atoms with Gasteiger partial charge in [-0.15, -0.1) is 0 Å². The second-order valence-electron chi connectivity index (χ2n) is 5.34. The maximum Gasteiger partial charge on any atom is 0.257 e. The average Bonchev–Trinajstić information content (AvgIpc) is 2.58. The van der Waals surface area contributed by atoms with Crippen molar-refractivity contribution in [2.75, 3.05) is 6.26 Å². The van der Waals surface area contributed by atoms with E-state index < -0.39 is 16.7 Å². The van der Waals surface area contributed by atoms with E-state index >= 15 is 0 Å². The van der Waals surface area contributed by atoms with Crippen molar-refractivity contribution in [3.63, 3.8) is 0 Å². The molecule has 24 heavy (non-hydrogen) atoms. The Labute approximate surface area is 151 Å². The first-order chi connectivity index (χ1) is 11.3. The minimum Gasteiger partial charge on any atom is -0.350 e. The van der Waals surface area contributed by atoms with Gasteiger partial charge in [-0.3, -0.25) is 13.8 Å². The number of carbonyl (C=O) groups excluding carboxylic acids is 1. The molecule has 1 amide bonds. The third kappa shape index (κ3) is 4.02. The van der Waals surface area contributed by atoms with E-state index in [0.29, 0.717) is 17.6 Å². The molecule has 2 aromatic rings. The van der Waals surface area contributed by atoms with Gasteiger partial charge in [-0.2, -0.15) is 0 Å². The lowest BCUT2D eigenvalue weighted by Gasteiger charge is -2.12. The zero-order valence-corrected chi connectivity index (χ0v) is 16.2. The van der Waals surface area contributed by atoms with E-state index in [4.69, 9.17) is 0 Å². The number of carbonyl (C=O) groups is 1. The second-order valence-corrected chi connectivity index (χ2v) is 7.51. The molecule has 0 radical (unpaired) electrons. The summed E-state index contributed by atoms with van der Waals surface area (Å²) in [6.45, 7) is 4.74. The summed E-state index contributed by atoms with van der Waals surface area (Å²) in [7, 11) is -1.03. The van der Waals surface area contributed by atoms with Gasteiger partial charge in [0.25, 0.3) is 5.91 Å². The first-order valence-corrected chi connectivity index (χ1v) is 9.80. The van der Waals surface area contributed by atoms with Crippen molar-refractivity contribution in [1.82, 2.24) is 9.88 Å². The Kier molecular flexibility index (Phi) is 6.12. The topological polar surface area (TPSA) is 68.2 Å². The molecule has 1 unspecified atom stereocenters. The molecule has 0 saturated carbocycles. The van der Waals surface area contributed by atoms with Crippen LogP contribution in [0.1, 0.15) is 28.5 Å². The van der Waals surface area contributed by atoms with E-state index in [1.54, 1.807) is 24.6 Å². The number of hydrogen-bond donors (Lipinski definition) is 1. The van der Waals surface area contributed by atoms with E-state index in [-0.39, 0.29) is 11.0 Å². The molecule has 0 spiro atoms. The molecule has 0 bridgehead atoms. The molecule has 1 atom stereocenters. The lowest BCUT2D eigenvalue weighted by Crippen LogP contribution is -2.30. The van der Waals surface area contributed by atoms with Crippen LogP contribution in [-0.2, 0) is 23.9 Å². The van der Waals surface area contributed by atoms with Crippen molar-refractivity contribution in [2.45, 2.75) is 31.8 Å². The SMILES string of the molecule is CCn1cc(C(=O)NCc2ccc(S(C)=O)cc2)c(=O)c(Br)c1C. The van der Waals surface area contributed by atoms with Crippen LogP contribution in [0.4, 0.5) is 0 Å². The third-order valence-electron chi connectivity index (χ3n) is 3.77. The summed E-state index contributed by atoms with van der Waals surface area (Å²) in [5.41, 5.74) is 1.47. The molecule has 1 N–H and O–H groups in total. The Morgan fingerprint density at radius 2 is 1.92 bits per heavy atom. The number of aromatic nitrogens is 1. The summed E-state index contributed by atoms with van der Waals surface area (Å²) in [6.07, 6.45) is 3.20. The number of halogens is 1. The number of amides is 1. The van der Waals surface area contributed by atoms with Crippen LogP contribution in [-0.4, -0.2) is 20.9 Å². The minimum atomic E-state index is -1.03. The van der Waals surface area contributed by atoms with Crippen molar-refractivity contribution >= 4 is 32.6 Å². The zero-order valence-electron chi connectivity index (χ0n) is 13.8. The van der Waals surface area contributed by atoms with Crippen LogP contribution in [0.5, 0.6) is 0 Å². The van der Waals surface area contributed by atoms with Crippen LogP contribution in [0.25, 0.3) is 0 Å². The van der Waals surface area contributed by atoms with E-state index in [1.807, 2.05) is 30.5 Å². The van der Waals surface area contributed by atoms with Gasteiger partial charge in [-0.1, -0.05) is 12.1 Å². The number of aryl methyl sites for hydroxylation is 1. The van der Waals surface area contributed by atoms with Crippen LogP contribution in [0.2, 0.25) is 0 Å². The molecule has 0 aliphatic heterocycles. The maximum absolute atomic E-state index is 12.4. The second kappa shape index (κ2) is 7.90. The summed E-state index contributed by atoms with van der Waals surface area (Å²) in [6, 6.07) is 7.16. The highest BCUT2D eigenvalue weighted by Crippen LogP contribution is 2.13. The Morgan fingerprint density at radius 1 is 1.29 bits per heavy atom. The Bertz CT molecular complexity index is 844. The fourth-order valence-corrected chi connectivity index (χ4v) is 3.25. The van der Waals surface area contributed by atoms with Crippen LogP contribution in [0, 0.1) is 6.92 Å². The number of hydrogen-bond acceptors (Lipinski definition) is 3. The fraction of sp³-hybridized carbons (Fsp3) is 0.294. The van der Waals surface area contributed by atoms with Crippen molar-refractivity contribution < 1.29 is 9.00 Å². The summed E-state index contributed by atoms with van der Waals surface area (Å²) < 4.78 is 13.6. The summed E-state index contributed by atoms with van der Waals surface area (Å²) >= 11 is 3.27. The largest absolute Gasteiger partial charge is 0.350 e. The number of pyridine rings is 1. The predicted octanol–water partition coefficient (Wildman–Crippen LogP) is 2.61. The van der Waals surface area contributed by atoms with Crippen molar-refractivity contribution in [3.8, 4) is 0 Å². The summed E-state index contributed by atoms with van der Waals surface area (Å²) in [5, 5.41) is 2.75. The summed E-state index contributed by atoms with van der Waals surface area (Å²) in [4.78, 5) is 25.4. The quantitative estimate of drug-likeness (QED) is 0.823. The molecule has 0 saturated heterocycles. The molecule has 7 heteroatoms. The molecular formula is C17H19BrN2O3S. The Morgan fingerprint density at radius 3 is 2.46 bits per heavy atom. The van der Waals surface area contributed by atoms with Gasteiger partial charge in [-0.25, -0.2) is 0 Å². The minimum absolute atomic E-state index is 0.112. The average molecular weight is 411 g/mol. The van der Waals surface area contributed by atoms with Crippen LogP contribution in [0.3, 0.4) is 0 Å². The highest BCUT2D eigenvalue weighted by molar-refractivity contribution is 9.10. The molecule has 1 heterocycles. The third-order valence-corrected chi connectivity index (χ3v) is 5.64. The smallest absolute Gasteiger partial charge is 0.257 e. The van der Waals surface area contributed by atoms with Gasteiger partial charge in [0, 0.05) is 46.9 Å². The highest BCUT2D eigenvalue weighted by atomic mass is 79.9. The van der Waals surface area contributed by atoms with Crippen molar-refractivity contribution in [3.05, 3.63) is 62.0 Å². The van der Waals surface area contributed by atoms with Gasteiger partial charge in [0.05, 0.1) is 4.47 Å². The van der Waals surface area contributed by atoms with E-state index in [0.717, 1.165) is 16.2 Å². The van der Waals surface area contributed by atoms with Gasteiger partial charge < -0.3 is 9.88 Å². The first-order valence-electron chi connectivity index (χ1n) is 7.45. The Hall–Kier alpha value is -1.73. The molecule has 0 fully saturated rings. The molecule has 1 aromatic heterocycles. The van der Waals surface area contributed by atoms with E-state index in [9.17, 15) is 13.8 Å². The fourth-order valence-electron chi connectivity index (χ4n) is 2.29. The van der Waals surface area contributed by atoms with Gasteiger partial charge in [-0.05, 0) is 47.5 Å². The maximum atomic E-state index is 12.4. The van der Waals surface area contributed by atoms with E-state index in [1.165, 1.54) is 0 Å². The molecule has 2 rings (SSSR count). The van der Waals surface area contributed by atoms with Gasteiger partial charge in [0.15, 0.2) is 0 Å². The normalized spacial score (nSPS) is 12.0. The lowest BCUT2D eigenvalue weighted by molar-refractivity contribution is 0.0949. The number of rotatable bonds is 5. The van der Waals surface area contributed by atoms with Crippen LogP contribution < -0.4 is 10.7 Å². The standard InChI is InChI=1S/C17H19BrN2O3S/c1-4-20-10-14(16(21)15(18)11(20)2)17(22)19-9-12-5-7-13(8-6-12)24(3)23/h5-8,10H,4,9H2,1-3H3,(H,19,22). The van der Waals surface area contributed by atoms with Gasteiger partial charge in [0.1, 0.15) is 5.56 Å². The monoisotopic (exact) mass is 410 g/mol. The van der Waals surface area contributed by atoms with Crippen molar-refractivity contribution in [2.24, 2.45) is 0 Å². The van der Waals surface area contributed by atoms with Gasteiger partial charge in [0.2, 0.25) is 5.43 Å². The van der Waals surface area contributed by atoms with Crippen molar-refractivity contribution in [1.29, 1.82) is 0 Å². The van der Waals surface area contributed by atoms with Crippen LogP contribution in [0.15, 0.2) is 44.6 Å². The van der Waals surface area contributed by atoms with Crippen LogP contribution >= 0.6 is 15.9 Å². The number of nitrogens with one attached hydrogen (secondary N) is 1. The molecule has 0 aliphatic rings. The summed E-state index contributed by atoms with van der Waals surface area (Å²) in [5.74, 6) is -0.411.